The average Bonchev–Trinajstić information content (AvgIpc) is 2.70. The fourth-order valence-electron chi connectivity index (χ4n) is 2.75. The summed E-state index contributed by atoms with van der Waals surface area (Å²) in [5, 5.41) is 15.4. The third-order valence-electron chi connectivity index (χ3n) is 4.06. The van der Waals surface area contributed by atoms with E-state index < -0.39 is 0 Å². The lowest BCUT2D eigenvalue weighted by Gasteiger charge is -2.09. The number of rotatable bonds is 6. The van der Waals surface area contributed by atoms with Crippen LogP contribution in [0.3, 0.4) is 0 Å². The monoisotopic (exact) mass is 360 g/mol. The fourth-order valence-corrected chi connectivity index (χ4v) is 2.75. The van der Waals surface area contributed by atoms with Crippen LogP contribution in [0.1, 0.15) is 5.56 Å². The lowest BCUT2D eigenvalue weighted by molar-refractivity contribution is 0.627. The van der Waals surface area contributed by atoms with Crippen LogP contribution in [0.4, 0.5) is 21.8 Å². The molecule has 0 unspecified atom stereocenters. The van der Waals surface area contributed by atoms with E-state index in [0.29, 0.717) is 18.3 Å². The lowest BCUT2D eigenvalue weighted by atomic mass is 10.1. The van der Waals surface area contributed by atoms with E-state index in [2.05, 4.69) is 30.8 Å². The molecule has 0 radical (unpaired) electrons. The average molecular weight is 360 g/mol. The summed E-state index contributed by atoms with van der Waals surface area (Å²) in [4.78, 5) is 8.86. The second kappa shape index (κ2) is 7.74. The van der Waals surface area contributed by atoms with Gasteiger partial charge in [0, 0.05) is 18.1 Å². The Bertz CT molecular complexity index is 1050. The summed E-state index contributed by atoms with van der Waals surface area (Å²) in [5.74, 6) is 0.767. The Morgan fingerprint density at radius 3 is 2.70 bits per heavy atom. The van der Waals surface area contributed by atoms with Gasteiger partial charge in [0.15, 0.2) is 5.82 Å². The van der Waals surface area contributed by atoms with Crippen molar-refractivity contribution in [2.24, 2.45) is 0 Å². The smallest absolute Gasteiger partial charge is 0.244 e. The normalized spacial score (nSPS) is 10.7. The molecule has 2 aromatic heterocycles. The van der Waals surface area contributed by atoms with Gasteiger partial charge in [-0.15, -0.1) is 5.10 Å². The standard InChI is InChI=1S/C20H17FN6/c21-16-8-6-14(7-9-16)10-12-23-20-26-18(13-24-27-20)25-17-5-1-3-15-4-2-11-22-19(15)17/h1-9,11,13H,10,12H2,(H2,23,25,26,27). The molecular formula is C20H17FN6. The minimum absolute atomic E-state index is 0.235. The van der Waals surface area contributed by atoms with Crippen LogP contribution in [-0.2, 0) is 6.42 Å². The van der Waals surface area contributed by atoms with Crippen molar-refractivity contribution in [1.29, 1.82) is 0 Å². The summed E-state index contributed by atoms with van der Waals surface area (Å²) in [6.45, 7) is 0.618. The number of nitrogens with zero attached hydrogens (tertiary/aromatic N) is 4. The number of pyridine rings is 1. The molecule has 2 aromatic carbocycles. The molecule has 2 heterocycles. The molecule has 134 valence electrons. The van der Waals surface area contributed by atoms with E-state index in [4.69, 9.17) is 0 Å². The highest BCUT2D eigenvalue weighted by Gasteiger charge is 2.05. The summed E-state index contributed by atoms with van der Waals surface area (Å²) in [6, 6.07) is 16.3. The van der Waals surface area contributed by atoms with Gasteiger partial charge >= 0.3 is 0 Å². The second-order valence-corrected chi connectivity index (χ2v) is 5.97. The van der Waals surface area contributed by atoms with Crippen molar-refractivity contribution >= 4 is 28.4 Å². The molecule has 4 rings (SSSR count). The SMILES string of the molecule is Fc1ccc(CCNc2nncc(Nc3cccc4cccnc34)n2)cc1. The van der Waals surface area contributed by atoms with Crippen LogP contribution in [0.15, 0.2) is 67.0 Å². The van der Waals surface area contributed by atoms with E-state index in [1.165, 1.54) is 12.1 Å². The Hall–Kier alpha value is -3.61. The minimum Gasteiger partial charge on any atom is -0.353 e. The fraction of sp³-hybridized carbons (Fsp3) is 0.100. The van der Waals surface area contributed by atoms with Gasteiger partial charge in [-0.2, -0.15) is 10.1 Å². The van der Waals surface area contributed by atoms with E-state index in [1.807, 2.05) is 30.3 Å². The first kappa shape index (κ1) is 16.8. The van der Waals surface area contributed by atoms with Crippen LogP contribution in [0.2, 0.25) is 0 Å². The summed E-state index contributed by atoms with van der Waals surface area (Å²) in [5.41, 5.74) is 2.75. The molecule has 0 spiro atoms. The highest BCUT2D eigenvalue weighted by Crippen LogP contribution is 2.23. The molecule has 27 heavy (non-hydrogen) atoms. The Morgan fingerprint density at radius 1 is 0.963 bits per heavy atom. The van der Waals surface area contributed by atoms with Crippen LogP contribution in [-0.4, -0.2) is 26.7 Å². The van der Waals surface area contributed by atoms with Gasteiger partial charge in [0.2, 0.25) is 5.95 Å². The molecule has 0 atom stereocenters. The third kappa shape index (κ3) is 4.14. The van der Waals surface area contributed by atoms with E-state index in [1.54, 1.807) is 24.5 Å². The van der Waals surface area contributed by atoms with Crippen molar-refractivity contribution in [2.45, 2.75) is 6.42 Å². The zero-order valence-electron chi connectivity index (χ0n) is 14.4. The molecular weight excluding hydrogens is 343 g/mol. The highest BCUT2D eigenvalue weighted by atomic mass is 19.1. The predicted octanol–water partition coefficient (Wildman–Crippen LogP) is 3.96. The van der Waals surface area contributed by atoms with Gasteiger partial charge in [-0.1, -0.05) is 30.3 Å². The van der Waals surface area contributed by atoms with E-state index in [9.17, 15) is 4.39 Å². The van der Waals surface area contributed by atoms with Crippen molar-refractivity contribution < 1.29 is 4.39 Å². The summed E-state index contributed by atoms with van der Waals surface area (Å²) in [7, 11) is 0. The first-order chi connectivity index (χ1) is 13.3. The van der Waals surface area contributed by atoms with Crippen molar-refractivity contribution in [1.82, 2.24) is 20.2 Å². The Labute approximate surface area is 155 Å². The zero-order chi connectivity index (χ0) is 18.5. The van der Waals surface area contributed by atoms with Gasteiger partial charge in [0.25, 0.3) is 0 Å². The van der Waals surface area contributed by atoms with E-state index in [0.717, 1.165) is 28.6 Å². The van der Waals surface area contributed by atoms with Gasteiger partial charge < -0.3 is 10.6 Å². The number of aromatic nitrogens is 4. The maximum absolute atomic E-state index is 12.9. The topological polar surface area (TPSA) is 75.6 Å². The van der Waals surface area contributed by atoms with Crippen LogP contribution < -0.4 is 10.6 Å². The number of hydrogen-bond acceptors (Lipinski definition) is 6. The number of para-hydroxylation sites is 1. The Morgan fingerprint density at radius 2 is 1.81 bits per heavy atom. The highest BCUT2D eigenvalue weighted by molar-refractivity contribution is 5.91. The first-order valence-electron chi connectivity index (χ1n) is 8.57. The molecule has 0 aliphatic carbocycles. The van der Waals surface area contributed by atoms with Gasteiger partial charge in [0.05, 0.1) is 17.4 Å². The third-order valence-corrected chi connectivity index (χ3v) is 4.06. The number of fused-ring (bicyclic) bond motifs is 1. The van der Waals surface area contributed by atoms with Gasteiger partial charge in [-0.3, -0.25) is 4.98 Å². The van der Waals surface area contributed by atoms with Gasteiger partial charge in [-0.05, 0) is 36.2 Å². The molecule has 4 aromatic rings. The Kier molecular flexibility index (Phi) is 4.82. The number of halogens is 1. The maximum Gasteiger partial charge on any atom is 0.244 e. The molecule has 7 heteroatoms. The number of anilines is 3. The largest absolute Gasteiger partial charge is 0.353 e. The van der Waals surface area contributed by atoms with Crippen molar-refractivity contribution in [3.05, 3.63) is 78.4 Å². The van der Waals surface area contributed by atoms with Gasteiger partial charge in [-0.25, -0.2) is 4.39 Å². The first-order valence-corrected chi connectivity index (χ1v) is 8.57. The van der Waals surface area contributed by atoms with Crippen molar-refractivity contribution in [3.63, 3.8) is 0 Å². The summed E-state index contributed by atoms with van der Waals surface area (Å²) < 4.78 is 12.9. The van der Waals surface area contributed by atoms with Crippen LogP contribution in [0.5, 0.6) is 0 Å². The van der Waals surface area contributed by atoms with Crippen LogP contribution in [0, 0.1) is 5.82 Å². The van der Waals surface area contributed by atoms with Crippen molar-refractivity contribution in [2.75, 3.05) is 17.2 Å². The molecule has 0 saturated heterocycles. The summed E-state index contributed by atoms with van der Waals surface area (Å²) >= 11 is 0. The molecule has 0 saturated carbocycles. The van der Waals surface area contributed by atoms with Crippen LogP contribution >= 0.6 is 0 Å². The molecule has 2 N–H and O–H groups in total. The molecule has 0 aliphatic rings. The van der Waals surface area contributed by atoms with Crippen molar-refractivity contribution in [3.8, 4) is 0 Å². The maximum atomic E-state index is 12.9. The van der Waals surface area contributed by atoms with Crippen LogP contribution in [0.25, 0.3) is 10.9 Å². The molecule has 0 fully saturated rings. The molecule has 0 aliphatic heterocycles. The predicted molar refractivity (Wildman–Crippen MR) is 103 cm³/mol. The number of hydrogen-bond donors (Lipinski definition) is 2. The zero-order valence-corrected chi connectivity index (χ0v) is 14.4. The minimum atomic E-state index is -0.235. The van der Waals surface area contributed by atoms with E-state index >= 15 is 0 Å². The second-order valence-electron chi connectivity index (χ2n) is 5.97. The summed E-state index contributed by atoms with van der Waals surface area (Å²) in [6.07, 6.45) is 4.05. The molecule has 0 bridgehead atoms. The quantitative estimate of drug-likeness (QED) is 0.542. The Balaban J connectivity index is 1.43. The number of benzene rings is 2. The number of nitrogens with one attached hydrogen (secondary N) is 2. The lowest BCUT2D eigenvalue weighted by Crippen LogP contribution is -2.09. The van der Waals surface area contributed by atoms with E-state index in [-0.39, 0.29) is 5.82 Å². The molecule has 6 nitrogen and oxygen atoms in total. The molecule has 0 amide bonds. The van der Waals surface area contributed by atoms with Gasteiger partial charge in [0.1, 0.15) is 5.82 Å².